The van der Waals surface area contributed by atoms with Gasteiger partial charge in [0.05, 0.1) is 12.3 Å². The van der Waals surface area contributed by atoms with E-state index in [0.29, 0.717) is 11.3 Å². The van der Waals surface area contributed by atoms with Crippen LogP contribution in [0, 0.1) is 0 Å². The highest BCUT2D eigenvalue weighted by molar-refractivity contribution is 5.92. The van der Waals surface area contributed by atoms with Crippen molar-refractivity contribution in [2.24, 2.45) is 5.73 Å². The SMILES string of the molecule is CC(=O)O[C@@H](c1ccccc1)c1cc(=O)c(C(N)=O)cn1CCO. The molecule has 2 rings (SSSR count). The Morgan fingerprint density at radius 2 is 1.96 bits per heavy atom. The van der Waals surface area contributed by atoms with E-state index in [1.54, 1.807) is 24.3 Å². The van der Waals surface area contributed by atoms with Crippen LogP contribution in [0.1, 0.15) is 34.6 Å². The predicted molar refractivity (Wildman–Crippen MR) is 86.4 cm³/mol. The van der Waals surface area contributed by atoms with E-state index in [9.17, 15) is 19.5 Å². The molecule has 126 valence electrons. The van der Waals surface area contributed by atoms with Gasteiger partial charge in [0.1, 0.15) is 5.56 Å². The second-order valence-electron chi connectivity index (χ2n) is 5.16. The van der Waals surface area contributed by atoms with E-state index in [-0.39, 0.29) is 18.7 Å². The Hall–Kier alpha value is -2.93. The van der Waals surface area contributed by atoms with Gasteiger partial charge in [0, 0.05) is 25.7 Å². The zero-order valence-electron chi connectivity index (χ0n) is 13.1. The standard InChI is InChI=1S/C17H18N2O5/c1-11(21)24-16(12-5-3-2-4-6-12)14-9-15(22)13(17(18)23)10-19(14)7-8-20/h2-6,9-10,16,20H,7-8H2,1H3,(H2,18,23)/t16-/m0/s1. The molecule has 1 atom stereocenters. The molecular formula is C17H18N2O5. The van der Waals surface area contributed by atoms with Crippen LogP contribution in [-0.2, 0) is 16.1 Å². The van der Waals surface area contributed by atoms with Gasteiger partial charge in [0.25, 0.3) is 5.91 Å². The average Bonchev–Trinajstić information content (AvgIpc) is 2.54. The highest BCUT2D eigenvalue weighted by Crippen LogP contribution is 2.25. The summed E-state index contributed by atoms with van der Waals surface area (Å²) in [5.41, 5.74) is 5.44. The zero-order valence-corrected chi connectivity index (χ0v) is 13.1. The first kappa shape index (κ1) is 17.4. The number of rotatable bonds is 6. The number of primary amides is 1. The number of nitrogens with zero attached hydrogens (tertiary/aromatic N) is 1. The number of carbonyl (C=O) groups excluding carboxylic acids is 2. The normalized spacial score (nSPS) is 11.8. The van der Waals surface area contributed by atoms with Gasteiger partial charge in [-0.15, -0.1) is 0 Å². The summed E-state index contributed by atoms with van der Waals surface area (Å²) in [4.78, 5) is 35.0. The van der Waals surface area contributed by atoms with E-state index in [0.717, 1.165) is 0 Å². The van der Waals surface area contributed by atoms with E-state index >= 15 is 0 Å². The summed E-state index contributed by atoms with van der Waals surface area (Å²) >= 11 is 0. The van der Waals surface area contributed by atoms with E-state index in [1.807, 2.05) is 6.07 Å². The molecule has 0 aliphatic heterocycles. The fourth-order valence-corrected chi connectivity index (χ4v) is 2.39. The minimum absolute atomic E-state index is 0.112. The first-order chi connectivity index (χ1) is 11.4. The third-order valence-corrected chi connectivity index (χ3v) is 3.42. The fraction of sp³-hybridized carbons (Fsp3) is 0.235. The lowest BCUT2D eigenvalue weighted by atomic mass is 10.0. The van der Waals surface area contributed by atoms with Crippen LogP contribution in [0.5, 0.6) is 0 Å². The number of pyridine rings is 1. The van der Waals surface area contributed by atoms with Gasteiger partial charge in [-0.25, -0.2) is 0 Å². The molecule has 0 aliphatic rings. The van der Waals surface area contributed by atoms with Gasteiger partial charge in [-0.1, -0.05) is 30.3 Å². The number of aromatic nitrogens is 1. The Balaban J connectivity index is 2.64. The Morgan fingerprint density at radius 1 is 1.29 bits per heavy atom. The molecule has 0 saturated carbocycles. The van der Waals surface area contributed by atoms with Crippen LogP contribution >= 0.6 is 0 Å². The van der Waals surface area contributed by atoms with Gasteiger partial charge in [0.15, 0.2) is 11.5 Å². The van der Waals surface area contributed by atoms with Crippen LogP contribution in [0.25, 0.3) is 0 Å². The van der Waals surface area contributed by atoms with Gasteiger partial charge in [0.2, 0.25) is 0 Å². The second-order valence-corrected chi connectivity index (χ2v) is 5.16. The summed E-state index contributed by atoms with van der Waals surface area (Å²) in [5.74, 6) is -1.38. The quantitative estimate of drug-likeness (QED) is 0.753. The number of carbonyl (C=O) groups is 2. The lowest BCUT2D eigenvalue weighted by molar-refractivity contribution is -0.145. The van der Waals surface area contributed by atoms with Crippen molar-refractivity contribution in [1.82, 2.24) is 4.57 Å². The molecule has 3 N–H and O–H groups in total. The van der Waals surface area contributed by atoms with E-state index in [4.69, 9.17) is 10.5 Å². The Kier molecular flexibility index (Phi) is 5.49. The van der Waals surface area contributed by atoms with Crippen LogP contribution in [-0.4, -0.2) is 28.2 Å². The number of nitrogens with two attached hydrogens (primary N) is 1. The topological polar surface area (TPSA) is 112 Å². The number of hydrogen-bond acceptors (Lipinski definition) is 5. The van der Waals surface area contributed by atoms with Crippen molar-refractivity contribution in [3.63, 3.8) is 0 Å². The molecule has 7 nitrogen and oxygen atoms in total. The van der Waals surface area contributed by atoms with Crippen molar-refractivity contribution in [2.75, 3.05) is 6.61 Å². The predicted octanol–water partition coefficient (Wildman–Crippen LogP) is 0.592. The first-order valence-corrected chi connectivity index (χ1v) is 7.31. The van der Waals surface area contributed by atoms with Gasteiger partial charge >= 0.3 is 5.97 Å². The van der Waals surface area contributed by atoms with Crippen LogP contribution in [0.4, 0.5) is 0 Å². The second kappa shape index (κ2) is 7.56. The highest BCUT2D eigenvalue weighted by atomic mass is 16.5. The van der Waals surface area contributed by atoms with E-state index < -0.39 is 23.4 Å². The Bertz CT molecular complexity index is 798. The van der Waals surface area contributed by atoms with E-state index in [2.05, 4.69) is 0 Å². The molecule has 0 spiro atoms. The third-order valence-electron chi connectivity index (χ3n) is 3.42. The number of aliphatic hydroxyl groups is 1. The molecule has 7 heteroatoms. The lowest BCUT2D eigenvalue weighted by Crippen LogP contribution is -2.27. The summed E-state index contributed by atoms with van der Waals surface area (Å²) in [7, 11) is 0. The third kappa shape index (κ3) is 3.88. The molecule has 0 fully saturated rings. The van der Waals surface area contributed by atoms with Crippen LogP contribution < -0.4 is 11.2 Å². The van der Waals surface area contributed by atoms with Crippen molar-refractivity contribution in [1.29, 1.82) is 0 Å². The smallest absolute Gasteiger partial charge is 0.303 e. The molecule has 0 unspecified atom stereocenters. The van der Waals surface area contributed by atoms with Crippen molar-refractivity contribution in [3.8, 4) is 0 Å². The molecule has 0 aliphatic carbocycles. The Morgan fingerprint density at radius 3 is 2.50 bits per heavy atom. The molecule has 24 heavy (non-hydrogen) atoms. The van der Waals surface area contributed by atoms with Gasteiger partial charge in [-0.2, -0.15) is 0 Å². The van der Waals surface area contributed by atoms with Crippen LogP contribution in [0.15, 0.2) is 47.4 Å². The maximum atomic E-state index is 12.1. The highest BCUT2D eigenvalue weighted by Gasteiger charge is 2.22. The monoisotopic (exact) mass is 330 g/mol. The van der Waals surface area contributed by atoms with Gasteiger partial charge in [-0.05, 0) is 5.56 Å². The van der Waals surface area contributed by atoms with Crippen molar-refractivity contribution in [2.45, 2.75) is 19.6 Å². The Labute approximate surface area is 138 Å². The molecule has 0 bridgehead atoms. The molecule has 0 saturated heterocycles. The van der Waals surface area contributed by atoms with Crippen LogP contribution in [0.3, 0.4) is 0 Å². The number of aliphatic hydroxyl groups excluding tert-OH is 1. The summed E-state index contributed by atoms with van der Waals surface area (Å²) in [6.07, 6.45) is 0.431. The molecule has 2 aromatic rings. The maximum Gasteiger partial charge on any atom is 0.303 e. The summed E-state index contributed by atoms with van der Waals surface area (Å²) in [6.45, 7) is 1.15. The van der Waals surface area contributed by atoms with E-state index in [1.165, 1.54) is 23.8 Å². The minimum atomic E-state index is -0.859. The molecule has 1 heterocycles. The van der Waals surface area contributed by atoms with Crippen molar-refractivity contribution < 1.29 is 19.4 Å². The number of amides is 1. The lowest BCUT2D eigenvalue weighted by Gasteiger charge is -2.22. The largest absolute Gasteiger partial charge is 0.451 e. The number of ether oxygens (including phenoxy) is 1. The molecular weight excluding hydrogens is 312 g/mol. The first-order valence-electron chi connectivity index (χ1n) is 7.31. The van der Waals surface area contributed by atoms with Gasteiger partial charge < -0.3 is 20.1 Å². The van der Waals surface area contributed by atoms with Gasteiger partial charge in [-0.3, -0.25) is 14.4 Å². The molecule has 1 aromatic heterocycles. The summed E-state index contributed by atoms with van der Waals surface area (Å²) in [5, 5.41) is 9.25. The fourth-order valence-electron chi connectivity index (χ4n) is 2.39. The molecule has 1 aromatic carbocycles. The van der Waals surface area contributed by atoms with Crippen LogP contribution in [0.2, 0.25) is 0 Å². The van der Waals surface area contributed by atoms with Crippen molar-refractivity contribution >= 4 is 11.9 Å². The maximum absolute atomic E-state index is 12.1. The minimum Gasteiger partial charge on any atom is -0.451 e. The average molecular weight is 330 g/mol. The van der Waals surface area contributed by atoms with Crippen molar-refractivity contribution in [3.05, 3.63) is 69.6 Å². The summed E-state index contributed by atoms with van der Waals surface area (Å²) in [6, 6.07) is 10.1. The summed E-state index contributed by atoms with van der Waals surface area (Å²) < 4.78 is 6.86. The number of esters is 1. The zero-order chi connectivity index (χ0) is 17.7. The number of benzene rings is 1. The molecule has 1 amide bonds. The molecule has 0 radical (unpaired) electrons. The number of hydrogen-bond donors (Lipinski definition) is 2.